The maximum atomic E-state index is 12.9. The number of benzene rings is 1. The molecule has 0 saturated heterocycles. The van der Waals surface area contributed by atoms with E-state index in [0.717, 1.165) is 0 Å². The van der Waals surface area contributed by atoms with E-state index in [4.69, 9.17) is 4.74 Å². The number of carbonyl (C=O) groups excluding carboxylic acids is 2. The van der Waals surface area contributed by atoms with Crippen LogP contribution in [-0.2, 0) is 16.1 Å². The Balaban J connectivity index is 2.04. The summed E-state index contributed by atoms with van der Waals surface area (Å²) >= 11 is 1.21. The SMILES string of the molecule is CCOC(=O)Cn1c(C)nc2c(C(=O)Nc3ccccc3)sc(C)c2c1=O. The molecule has 0 saturated carbocycles. The zero-order chi connectivity index (χ0) is 19.6. The normalized spacial score (nSPS) is 10.8. The van der Waals surface area contributed by atoms with Crippen LogP contribution in [0.5, 0.6) is 0 Å². The van der Waals surface area contributed by atoms with Crippen LogP contribution < -0.4 is 10.9 Å². The molecule has 0 aliphatic carbocycles. The molecule has 0 radical (unpaired) electrons. The molecule has 0 fully saturated rings. The molecule has 27 heavy (non-hydrogen) atoms. The molecule has 8 heteroatoms. The highest BCUT2D eigenvalue weighted by Crippen LogP contribution is 2.28. The summed E-state index contributed by atoms with van der Waals surface area (Å²) < 4.78 is 6.20. The summed E-state index contributed by atoms with van der Waals surface area (Å²) in [5, 5.41) is 3.17. The van der Waals surface area contributed by atoms with Gasteiger partial charge in [-0.3, -0.25) is 19.0 Å². The third kappa shape index (κ3) is 3.75. The summed E-state index contributed by atoms with van der Waals surface area (Å²) in [7, 11) is 0. The number of anilines is 1. The van der Waals surface area contributed by atoms with Crippen molar-refractivity contribution >= 4 is 39.8 Å². The number of nitrogens with one attached hydrogen (secondary N) is 1. The molecule has 0 unspecified atom stereocenters. The first-order valence-electron chi connectivity index (χ1n) is 8.45. The van der Waals surface area contributed by atoms with Crippen molar-refractivity contribution in [3.8, 4) is 0 Å². The van der Waals surface area contributed by atoms with E-state index in [-0.39, 0.29) is 24.6 Å². The third-order valence-electron chi connectivity index (χ3n) is 4.01. The second-order valence-electron chi connectivity index (χ2n) is 5.89. The first-order valence-corrected chi connectivity index (χ1v) is 9.26. The molecular weight excluding hydrogens is 366 g/mol. The second kappa shape index (κ2) is 7.71. The van der Waals surface area contributed by atoms with Gasteiger partial charge in [-0.15, -0.1) is 11.3 Å². The fraction of sp³-hybridized carbons (Fsp3) is 0.263. The number of hydrogen-bond donors (Lipinski definition) is 1. The predicted octanol–water partition coefficient (Wildman–Crippen LogP) is 2.89. The van der Waals surface area contributed by atoms with Crippen LogP contribution in [0.2, 0.25) is 0 Å². The van der Waals surface area contributed by atoms with E-state index >= 15 is 0 Å². The Morgan fingerprint density at radius 2 is 1.93 bits per heavy atom. The van der Waals surface area contributed by atoms with Crippen LogP contribution >= 0.6 is 11.3 Å². The lowest BCUT2D eigenvalue weighted by atomic mass is 10.2. The number of para-hydroxylation sites is 1. The molecule has 1 aromatic carbocycles. The van der Waals surface area contributed by atoms with E-state index in [2.05, 4.69) is 10.3 Å². The van der Waals surface area contributed by atoms with Gasteiger partial charge in [0.1, 0.15) is 22.8 Å². The highest BCUT2D eigenvalue weighted by Gasteiger charge is 2.22. The van der Waals surface area contributed by atoms with Crippen LogP contribution in [0.3, 0.4) is 0 Å². The molecule has 7 nitrogen and oxygen atoms in total. The molecule has 0 spiro atoms. The smallest absolute Gasteiger partial charge is 0.326 e. The number of rotatable bonds is 5. The van der Waals surface area contributed by atoms with Crippen LogP contribution in [0.4, 0.5) is 5.69 Å². The number of esters is 1. The fourth-order valence-corrected chi connectivity index (χ4v) is 3.76. The van der Waals surface area contributed by atoms with E-state index in [1.54, 1.807) is 32.9 Å². The van der Waals surface area contributed by atoms with Crippen LogP contribution in [0.1, 0.15) is 27.3 Å². The molecule has 1 amide bonds. The van der Waals surface area contributed by atoms with Crippen molar-refractivity contribution in [1.29, 1.82) is 0 Å². The van der Waals surface area contributed by atoms with Gasteiger partial charge in [-0.05, 0) is 32.9 Å². The van der Waals surface area contributed by atoms with E-state index in [0.29, 0.717) is 32.2 Å². The summed E-state index contributed by atoms with van der Waals surface area (Å²) in [5.74, 6) is -0.468. The molecule has 3 aromatic rings. The molecule has 140 valence electrons. The first-order chi connectivity index (χ1) is 12.9. The molecule has 3 rings (SSSR count). The van der Waals surface area contributed by atoms with Crippen molar-refractivity contribution < 1.29 is 14.3 Å². The van der Waals surface area contributed by atoms with Gasteiger partial charge < -0.3 is 10.1 Å². The molecule has 2 heterocycles. The summed E-state index contributed by atoms with van der Waals surface area (Å²) in [6, 6.07) is 9.07. The highest BCUT2D eigenvalue weighted by molar-refractivity contribution is 7.15. The molecule has 2 aromatic heterocycles. The largest absolute Gasteiger partial charge is 0.465 e. The van der Waals surface area contributed by atoms with Crippen molar-refractivity contribution in [3.05, 3.63) is 56.3 Å². The van der Waals surface area contributed by atoms with Gasteiger partial charge in [0.2, 0.25) is 0 Å². The van der Waals surface area contributed by atoms with Crippen molar-refractivity contribution in [2.75, 3.05) is 11.9 Å². The maximum absolute atomic E-state index is 12.9. The zero-order valence-corrected chi connectivity index (χ0v) is 16.1. The minimum atomic E-state index is -0.501. The Bertz CT molecular complexity index is 1070. The average molecular weight is 385 g/mol. The standard InChI is InChI=1S/C19H19N3O4S/c1-4-26-14(23)10-22-12(3)20-16-15(19(22)25)11(2)27-17(16)18(24)21-13-8-6-5-7-9-13/h5-9H,4,10H2,1-3H3,(H,21,24). The topological polar surface area (TPSA) is 90.3 Å². The van der Waals surface area contributed by atoms with Crippen molar-refractivity contribution in [3.63, 3.8) is 0 Å². The maximum Gasteiger partial charge on any atom is 0.326 e. The average Bonchev–Trinajstić information content (AvgIpc) is 2.96. The monoisotopic (exact) mass is 385 g/mol. The van der Waals surface area contributed by atoms with E-state index in [9.17, 15) is 14.4 Å². The Hall–Kier alpha value is -3.00. The number of amides is 1. The molecule has 0 bridgehead atoms. The number of hydrogen-bond acceptors (Lipinski definition) is 6. The number of ether oxygens (including phenoxy) is 1. The Morgan fingerprint density at radius 3 is 2.59 bits per heavy atom. The Labute approximate surface area is 159 Å². The second-order valence-corrected chi connectivity index (χ2v) is 7.11. The predicted molar refractivity (Wildman–Crippen MR) is 104 cm³/mol. The minimum Gasteiger partial charge on any atom is -0.465 e. The lowest BCUT2D eigenvalue weighted by Crippen LogP contribution is -2.28. The first kappa shape index (κ1) is 18.8. The van der Waals surface area contributed by atoms with Gasteiger partial charge in [0, 0.05) is 10.6 Å². The van der Waals surface area contributed by atoms with Gasteiger partial charge in [-0.2, -0.15) is 0 Å². The minimum absolute atomic E-state index is 0.206. The van der Waals surface area contributed by atoms with E-state index < -0.39 is 5.97 Å². The van der Waals surface area contributed by atoms with Crippen LogP contribution in [0.15, 0.2) is 35.1 Å². The van der Waals surface area contributed by atoms with Gasteiger partial charge in [0.15, 0.2) is 0 Å². The number of nitrogens with zero attached hydrogens (tertiary/aromatic N) is 2. The number of aromatic nitrogens is 2. The van der Waals surface area contributed by atoms with E-state index in [1.165, 1.54) is 15.9 Å². The summed E-state index contributed by atoms with van der Waals surface area (Å²) in [6.07, 6.45) is 0. The lowest BCUT2D eigenvalue weighted by Gasteiger charge is -2.09. The molecule has 1 N–H and O–H groups in total. The Morgan fingerprint density at radius 1 is 1.22 bits per heavy atom. The van der Waals surface area contributed by atoms with Gasteiger partial charge in [0.25, 0.3) is 11.5 Å². The number of fused-ring (bicyclic) bond motifs is 1. The summed E-state index contributed by atoms with van der Waals surface area (Å²) in [6.45, 7) is 5.13. The van der Waals surface area contributed by atoms with Gasteiger partial charge >= 0.3 is 5.97 Å². The molecule has 0 atom stereocenters. The zero-order valence-electron chi connectivity index (χ0n) is 15.2. The van der Waals surface area contributed by atoms with Crippen LogP contribution in [0, 0.1) is 13.8 Å². The highest BCUT2D eigenvalue weighted by atomic mass is 32.1. The molecule has 0 aliphatic heterocycles. The summed E-state index contributed by atoms with van der Waals surface area (Å²) in [5.41, 5.74) is 0.667. The number of carbonyl (C=O) groups is 2. The van der Waals surface area contributed by atoms with Crippen molar-refractivity contribution in [2.45, 2.75) is 27.3 Å². The van der Waals surface area contributed by atoms with Crippen LogP contribution in [-0.4, -0.2) is 28.0 Å². The van der Waals surface area contributed by atoms with Gasteiger partial charge in [0.05, 0.1) is 12.0 Å². The molecular formula is C19H19N3O4S. The van der Waals surface area contributed by atoms with E-state index in [1.807, 2.05) is 18.2 Å². The van der Waals surface area contributed by atoms with Gasteiger partial charge in [-0.25, -0.2) is 4.98 Å². The summed E-state index contributed by atoms with van der Waals surface area (Å²) in [4.78, 5) is 42.9. The van der Waals surface area contributed by atoms with Crippen LogP contribution in [0.25, 0.3) is 10.9 Å². The van der Waals surface area contributed by atoms with Gasteiger partial charge in [-0.1, -0.05) is 18.2 Å². The lowest BCUT2D eigenvalue weighted by molar-refractivity contribution is -0.143. The Kier molecular flexibility index (Phi) is 5.36. The number of thiophene rings is 1. The third-order valence-corrected chi connectivity index (χ3v) is 5.11. The van der Waals surface area contributed by atoms with Crippen molar-refractivity contribution in [1.82, 2.24) is 9.55 Å². The quantitative estimate of drug-likeness (QED) is 0.682. The molecule has 0 aliphatic rings. The number of aryl methyl sites for hydroxylation is 2. The fourth-order valence-electron chi connectivity index (χ4n) is 2.78. The van der Waals surface area contributed by atoms with Crippen molar-refractivity contribution in [2.24, 2.45) is 0 Å².